The molecule has 0 aromatic heterocycles. The van der Waals surface area contributed by atoms with Gasteiger partial charge in [-0.25, -0.2) is 4.39 Å². The Balaban J connectivity index is 2.21. The van der Waals surface area contributed by atoms with Crippen LogP contribution in [-0.2, 0) is 5.60 Å². The summed E-state index contributed by atoms with van der Waals surface area (Å²) in [5.41, 5.74) is -0.646. The van der Waals surface area contributed by atoms with Crippen LogP contribution in [0.3, 0.4) is 0 Å². The van der Waals surface area contributed by atoms with Crippen molar-refractivity contribution >= 4 is 0 Å². The summed E-state index contributed by atoms with van der Waals surface area (Å²) in [6.07, 6.45) is 1.90. The van der Waals surface area contributed by atoms with Gasteiger partial charge in [-0.1, -0.05) is 0 Å². The second-order valence-corrected chi connectivity index (χ2v) is 4.68. The molecule has 5 heteroatoms. The summed E-state index contributed by atoms with van der Waals surface area (Å²) in [6.45, 7) is 0.974. The van der Waals surface area contributed by atoms with Gasteiger partial charge in [0.2, 0.25) is 0 Å². The van der Waals surface area contributed by atoms with Crippen LogP contribution in [0.1, 0.15) is 24.8 Å². The van der Waals surface area contributed by atoms with E-state index in [4.69, 9.17) is 14.2 Å². The highest BCUT2D eigenvalue weighted by molar-refractivity contribution is 5.59. The van der Waals surface area contributed by atoms with Gasteiger partial charge in [0.25, 0.3) is 0 Å². The van der Waals surface area contributed by atoms with E-state index in [2.05, 4.69) is 0 Å². The molecule has 1 aromatic rings. The maximum Gasteiger partial charge on any atom is 0.171 e. The van der Waals surface area contributed by atoms with Crippen LogP contribution in [0.15, 0.2) is 6.07 Å². The quantitative estimate of drug-likeness (QED) is 0.876. The molecule has 18 heavy (non-hydrogen) atoms. The first-order chi connectivity index (χ1) is 8.65. The topological polar surface area (TPSA) is 47.9 Å². The third-order valence-electron chi connectivity index (χ3n) is 3.34. The van der Waals surface area contributed by atoms with E-state index < -0.39 is 11.4 Å². The monoisotopic (exact) mass is 254 g/mol. The highest BCUT2D eigenvalue weighted by Crippen LogP contribution is 2.56. The van der Waals surface area contributed by atoms with E-state index in [0.717, 1.165) is 6.42 Å². The Hall–Kier alpha value is -1.49. The van der Waals surface area contributed by atoms with E-state index in [0.29, 0.717) is 43.1 Å². The number of rotatable bonds is 2. The normalized spacial score (nSPS) is 20.2. The molecule has 4 nitrogen and oxygen atoms in total. The minimum atomic E-state index is -1.04. The molecule has 1 aliphatic heterocycles. The molecule has 0 atom stereocenters. The summed E-state index contributed by atoms with van der Waals surface area (Å²) in [7, 11) is 1.39. The van der Waals surface area contributed by atoms with Crippen molar-refractivity contribution in [1.82, 2.24) is 0 Å². The van der Waals surface area contributed by atoms with Crippen LogP contribution in [0.5, 0.6) is 17.2 Å². The van der Waals surface area contributed by atoms with E-state index in [1.54, 1.807) is 0 Å². The van der Waals surface area contributed by atoms with Crippen LogP contribution in [0.2, 0.25) is 0 Å². The van der Waals surface area contributed by atoms with E-state index in [-0.39, 0.29) is 5.75 Å². The summed E-state index contributed by atoms with van der Waals surface area (Å²) in [4.78, 5) is 0. The van der Waals surface area contributed by atoms with Crippen molar-refractivity contribution in [2.45, 2.75) is 24.9 Å². The van der Waals surface area contributed by atoms with Gasteiger partial charge in [-0.05, 0) is 12.8 Å². The maximum atomic E-state index is 14.0. The molecule has 0 radical (unpaired) electrons. The zero-order chi connectivity index (χ0) is 12.8. The number of fused-ring (bicyclic) bond motifs is 1. The first-order valence-electron chi connectivity index (χ1n) is 6.05. The molecule has 2 aliphatic rings. The van der Waals surface area contributed by atoms with Crippen molar-refractivity contribution in [3.05, 3.63) is 17.4 Å². The molecule has 0 spiro atoms. The molecule has 0 amide bonds. The van der Waals surface area contributed by atoms with Gasteiger partial charge in [-0.2, -0.15) is 0 Å². The Labute approximate surface area is 104 Å². The molecule has 1 N–H and O–H groups in total. The van der Waals surface area contributed by atoms with E-state index in [1.165, 1.54) is 13.2 Å². The Bertz CT molecular complexity index is 482. The summed E-state index contributed by atoms with van der Waals surface area (Å²) in [5, 5.41) is 10.3. The number of aliphatic hydroxyl groups is 1. The van der Waals surface area contributed by atoms with Crippen molar-refractivity contribution in [3.63, 3.8) is 0 Å². The Morgan fingerprint density at radius 2 is 2.06 bits per heavy atom. The SMILES string of the molecule is COc1c(F)cc2c(c1C1(O)CC1)OCCCO2. The second kappa shape index (κ2) is 4.02. The maximum absolute atomic E-state index is 14.0. The van der Waals surface area contributed by atoms with Crippen LogP contribution in [-0.4, -0.2) is 25.4 Å². The summed E-state index contributed by atoms with van der Waals surface area (Å²) < 4.78 is 30.1. The van der Waals surface area contributed by atoms with Crippen molar-refractivity contribution < 1.29 is 23.7 Å². The van der Waals surface area contributed by atoms with Gasteiger partial charge in [0.1, 0.15) is 0 Å². The lowest BCUT2D eigenvalue weighted by Gasteiger charge is -2.20. The zero-order valence-corrected chi connectivity index (χ0v) is 10.2. The van der Waals surface area contributed by atoms with Crippen LogP contribution >= 0.6 is 0 Å². The van der Waals surface area contributed by atoms with E-state index in [9.17, 15) is 9.50 Å². The van der Waals surface area contributed by atoms with Gasteiger partial charge < -0.3 is 19.3 Å². The summed E-state index contributed by atoms with van der Waals surface area (Å²) in [5.74, 6) is 0.295. The molecular weight excluding hydrogens is 239 g/mol. The second-order valence-electron chi connectivity index (χ2n) is 4.68. The van der Waals surface area contributed by atoms with E-state index in [1.807, 2.05) is 0 Å². The molecule has 1 fully saturated rings. The van der Waals surface area contributed by atoms with Gasteiger partial charge in [0.05, 0.1) is 31.5 Å². The molecule has 98 valence electrons. The lowest BCUT2D eigenvalue weighted by molar-refractivity contribution is 0.140. The smallest absolute Gasteiger partial charge is 0.171 e. The molecule has 1 saturated carbocycles. The van der Waals surface area contributed by atoms with Crippen molar-refractivity contribution in [1.29, 1.82) is 0 Å². The van der Waals surface area contributed by atoms with Crippen LogP contribution in [0, 0.1) is 5.82 Å². The molecule has 0 unspecified atom stereocenters. The molecule has 1 aliphatic carbocycles. The molecule has 0 saturated heterocycles. The summed E-state index contributed by atoms with van der Waals surface area (Å²) in [6, 6.07) is 1.26. The van der Waals surface area contributed by atoms with Crippen molar-refractivity contribution in [3.8, 4) is 17.2 Å². The third kappa shape index (κ3) is 1.70. The Morgan fingerprint density at radius 3 is 2.72 bits per heavy atom. The number of benzene rings is 1. The predicted octanol–water partition coefficient (Wildman–Crippen LogP) is 1.98. The fraction of sp³-hybridized carbons (Fsp3) is 0.538. The number of methoxy groups -OCH3 is 1. The van der Waals surface area contributed by atoms with Crippen molar-refractivity contribution in [2.24, 2.45) is 0 Å². The summed E-state index contributed by atoms with van der Waals surface area (Å²) >= 11 is 0. The van der Waals surface area contributed by atoms with E-state index >= 15 is 0 Å². The van der Waals surface area contributed by atoms with Gasteiger partial charge >= 0.3 is 0 Å². The molecule has 3 rings (SSSR count). The average Bonchev–Trinajstić information content (AvgIpc) is 3.11. The highest BCUT2D eigenvalue weighted by atomic mass is 19.1. The lowest BCUT2D eigenvalue weighted by Crippen LogP contribution is -2.12. The Morgan fingerprint density at radius 1 is 1.33 bits per heavy atom. The lowest BCUT2D eigenvalue weighted by atomic mass is 10.0. The molecular formula is C13H15FO4. The van der Waals surface area contributed by atoms with Crippen molar-refractivity contribution in [2.75, 3.05) is 20.3 Å². The van der Waals surface area contributed by atoms with Gasteiger partial charge in [0.15, 0.2) is 23.1 Å². The zero-order valence-electron chi connectivity index (χ0n) is 10.2. The average molecular weight is 254 g/mol. The third-order valence-corrected chi connectivity index (χ3v) is 3.34. The standard InChI is InChI=1S/C13H15FO4/c1-16-11-8(14)7-9-12(18-6-2-5-17-9)10(11)13(15)3-4-13/h7,15H,2-6H2,1H3. The number of ether oxygens (including phenoxy) is 3. The van der Waals surface area contributed by atoms with Gasteiger partial charge in [-0.15, -0.1) is 0 Å². The molecule has 1 heterocycles. The number of hydrogen-bond donors (Lipinski definition) is 1. The Kier molecular flexibility index (Phi) is 2.59. The minimum Gasteiger partial charge on any atom is -0.493 e. The highest BCUT2D eigenvalue weighted by Gasteiger charge is 2.48. The first-order valence-corrected chi connectivity index (χ1v) is 6.05. The van der Waals surface area contributed by atoms with Gasteiger partial charge in [0, 0.05) is 12.5 Å². The van der Waals surface area contributed by atoms with Crippen LogP contribution < -0.4 is 14.2 Å². The fourth-order valence-electron chi connectivity index (χ4n) is 2.25. The minimum absolute atomic E-state index is 0.0549. The predicted molar refractivity (Wildman–Crippen MR) is 61.7 cm³/mol. The first kappa shape index (κ1) is 11.6. The number of hydrogen-bond acceptors (Lipinski definition) is 4. The van der Waals surface area contributed by atoms with Crippen LogP contribution in [0.4, 0.5) is 4.39 Å². The van der Waals surface area contributed by atoms with Gasteiger partial charge in [-0.3, -0.25) is 0 Å². The largest absolute Gasteiger partial charge is 0.493 e. The fourth-order valence-corrected chi connectivity index (χ4v) is 2.25. The molecule has 0 bridgehead atoms. The molecule has 1 aromatic carbocycles. The number of halogens is 1. The van der Waals surface area contributed by atoms with Crippen LogP contribution in [0.25, 0.3) is 0 Å².